The minimum absolute atomic E-state index is 0.110. The van der Waals surface area contributed by atoms with Crippen LogP contribution in [0.15, 0.2) is 48.5 Å². The van der Waals surface area contributed by atoms with Gasteiger partial charge in [-0.3, -0.25) is 4.79 Å². The van der Waals surface area contributed by atoms with E-state index in [1.54, 1.807) is 0 Å². The van der Waals surface area contributed by atoms with Crippen LogP contribution in [0.2, 0.25) is 16.6 Å². The minimum atomic E-state index is -4.56. The molecule has 0 fully saturated rings. The van der Waals surface area contributed by atoms with E-state index in [-0.39, 0.29) is 40.8 Å². The summed E-state index contributed by atoms with van der Waals surface area (Å²) >= 11 is 0. The van der Waals surface area contributed by atoms with Crippen LogP contribution in [-0.4, -0.2) is 25.6 Å². The summed E-state index contributed by atoms with van der Waals surface area (Å²) < 4.78 is 46.4. The molecule has 0 saturated heterocycles. The van der Waals surface area contributed by atoms with Gasteiger partial charge in [-0.25, -0.2) is 4.79 Å². The SMILES string of the molecule is CC(C)[Si](OC(=O)N(Cc1ccccc1)Cc1cc(C(F)(F)F)ccc1C=O)(C(C)C)C(C)C. The van der Waals surface area contributed by atoms with Gasteiger partial charge < -0.3 is 9.33 Å². The Bertz CT molecular complexity index is 953. The third-order valence-corrected chi connectivity index (χ3v) is 12.3. The highest BCUT2D eigenvalue weighted by Gasteiger charge is 2.49. The Labute approximate surface area is 201 Å². The van der Waals surface area contributed by atoms with Crippen LogP contribution in [0.1, 0.15) is 68.6 Å². The predicted molar refractivity (Wildman–Crippen MR) is 130 cm³/mol. The monoisotopic (exact) mass is 493 g/mol. The topological polar surface area (TPSA) is 46.6 Å². The number of alkyl halides is 3. The summed E-state index contributed by atoms with van der Waals surface area (Å²) in [5.74, 6) is 0. The molecule has 2 aromatic rings. The Hall–Kier alpha value is -2.61. The molecular weight excluding hydrogens is 459 g/mol. The molecule has 0 unspecified atom stereocenters. The maximum atomic E-state index is 13.6. The molecule has 1 amide bonds. The number of hydrogen-bond donors (Lipinski definition) is 0. The Morgan fingerprint density at radius 2 is 1.50 bits per heavy atom. The summed E-state index contributed by atoms with van der Waals surface area (Å²) in [6.07, 6.45) is -4.62. The molecule has 0 atom stereocenters. The Morgan fingerprint density at radius 3 is 1.97 bits per heavy atom. The van der Waals surface area contributed by atoms with Gasteiger partial charge in [0.05, 0.1) is 12.1 Å². The van der Waals surface area contributed by atoms with Gasteiger partial charge in [-0.15, -0.1) is 0 Å². The summed E-state index contributed by atoms with van der Waals surface area (Å²) in [4.78, 5) is 26.6. The molecule has 8 heteroatoms. The van der Waals surface area contributed by atoms with E-state index in [2.05, 4.69) is 41.5 Å². The van der Waals surface area contributed by atoms with Gasteiger partial charge in [-0.2, -0.15) is 13.2 Å². The van der Waals surface area contributed by atoms with Gasteiger partial charge in [-0.05, 0) is 39.9 Å². The zero-order chi connectivity index (χ0) is 25.7. The molecule has 186 valence electrons. The van der Waals surface area contributed by atoms with Crippen molar-refractivity contribution < 1.29 is 27.2 Å². The largest absolute Gasteiger partial charge is 0.503 e. The van der Waals surface area contributed by atoms with Crippen LogP contribution in [0.3, 0.4) is 0 Å². The summed E-state index contributed by atoms with van der Waals surface area (Å²) in [5, 5.41) is 0. The number of carbonyl (C=O) groups excluding carboxylic acids is 2. The molecule has 0 radical (unpaired) electrons. The van der Waals surface area contributed by atoms with Crippen molar-refractivity contribution in [3.8, 4) is 0 Å². The molecule has 0 aromatic heterocycles. The number of carbonyl (C=O) groups is 2. The number of amides is 1. The first-order valence-electron chi connectivity index (χ1n) is 11.5. The lowest BCUT2D eigenvalue weighted by molar-refractivity contribution is -0.137. The van der Waals surface area contributed by atoms with Crippen molar-refractivity contribution in [3.63, 3.8) is 0 Å². The lowest BCUT2D eigenvalue weighted by Gasteiger charge is -2.42. The molecule has 0 N–H and O–H groups in total. The summed E-state index contributed by atoms with van der Waals surface area (Å²) in [5.41, 5.74) is 0.626. The van der Waals surface area contributed by atoms with Gasteiger partial charge in [0.1, 0.15) is 6.29 Å². The number of benzene rings is 2. The highest BCUT2D eigenvalue weighted by atomic mass is 28.4. The van der Waals surface area contributed by atoms with Crippen molar-refractivity contribution in [2.75, 3.05) is 0 Å². The van der Waals surface area contributed by atoms with Gasteiger partial charge in [0.25, 0.3) is 8.32 Å². The fraction of sp³-hybridized carbons (Fsp3) is 0.462. The van der Waals surface area contributed by atoms with E-state index >= 15 is 0 Å². The number of hydrogen-bond acceptors (Lipinski definition) is 3. The van der Waals surface area contributed by atoms with Crippen molar-refractivity contribution >= 4 is 20.7 Å². The second kappa shape index (κ2) is 11.2. The highest BCUT2D eigenvalue weighted by Crippen LogP contribution is 2.42. The van der Waals surface area contributed by atoms with E-state index in [0.29, 0.717) is 6.29 Å². The second-order valence-corrected chi connectivity index (χ2v) is 14.9. The Morgan fingerprint density at radius 1 is 0.941 bits per heavy atom. The molecule has 0 aliphatic rings. The maximum Gasteiger partial charge on any atom is 0.416 e. The third-order valence-electron chi connectivity index (χ3n) is 6.40. The molecule has 34 heavy (non-hydrogen) atoms. The molecule has 0 bridgehead atoms. The molecule has 2 rings (SSSR count). The van der Waals surface area contributed by atoms with Crippen LogP contribution < -0.4 is 0 Å². The molecule has 0 aliphatic carbocycles. The zero-order valence-electron chi connectivity index (χ0n) is 20.6. The summed E-state index contributed by atoms with van der Waals surface area (Å²) in [7, 11) is -2.59. The second-order valence-electron chi connectivity index (χ2n) is 9.56. The summed E-state index contributed by atoms with van der Waals surface area (Å²) in [6, 6.07) is 12.1. The fourth-order valence-electron chi connectivity index (χ4n) is 4.80. The molecule has 0 heterocycles. The van der Waals surface area contributed by atoms with Crippen LogP contribution in [0.25, 0.3) is 0 Å². The van der Waals surface area contributed by atoms with E-state index in [1.165, 1.54) is 4.90 Å². The first-order chi connectivity index (χ1) is 15.8. The molecule has 0 spiro atoms. The van der Waals surface area contributed by atoms with Crippen LogP contribution in [0.4, 0.5) is 18.0 Å². The van der Waals surface area contributed by atoms with Crippen LogP contribution in [-0.2, 0) is 23.7 Å². The number of rotatable bonds is 9. The number of nitrogens with zero attached hydrogens (tertiary/aromatic N) is 1. The van der Waals surface area contributed by atoms with E-state index in [1.807, 2.05) is 30.3 Å². The fourth-order valence-corrected chi connectivity index (χ4v) is 9.94. The van der Waals surface area contributed by atoms with Crippen LogP contribution >= 0.6 is 0 Å². The zero-order valence-corrected chi connectivity index (χ0v) is 21.6. The van der Waals surface area contributed by atoms with E-state index in [4.69, 9.17) is 4.43 Å². The van der Waals surface area contributed by atoms with Crippen molar-refractivity contribution in [3.05, 3.63) is 70.8 Å². The molecule has 0 saturated carbocycles. The van der Waals surface area contributed by atoms with Gasteiger partial charge >= 0.3 is 12.3 Å². The highest BCUT2D eigenvalue weighted by molar-refractivity contribution is 6.78. The minimum Gasteiger partial charge on any atom is -0.503 e. The average molecular weight is 494 g/mol. The summed E-state index contributed by atoms with van der Waals surface area (Å²) in [6.45, 7) is 12.3. The third kappa shape index (κ3) is 6.28. The van der Waals surface area contributed by atoms with Crippen LogP contribution in [0.5, 0.6) is 0 Å². The van der Waals surface area contributed by atoms with E-state index in [9.17, 15) is 22.8 Å². The van der Waals surface area contributed by atoms with Crippen molar-refractivity contribution in [2.24, 2.45) is 0 Å². The molecule has 4 nitrogen and oxygen atoms in total. The van der Waals surface area contributed by atoms with Crippen molar-refractivity contribution in [1.82, 2.24) is 4.90 Å². The van der Waals surface area contributed by atoms with Crippen LogP contribution in [0, 0.1) is 0 Å². The Kier molecular flexibility index (Phi) is 9.11. The van der Waals surface area contributed by atoms with E-state index < -0.39 is 26.2 Å². The van der Waals surface area contributed by atoms with Gasteiger partial charge in [-0.1, -0.05) is 77.9 Å². The van der Waals surface area contributed by atoms with Gasteiger partial charge in [0.15, 0.2) is 0 Å². The first kappa shape index (κ1) is 27.6. The smallest absolute Gasteiger partial charge is 0.416 e. The first-order valence-corrected chi connectivity index (χ1v) is 13.6. The normalized spacial score (nSPS) is 12.4. The predicted octanol–water partition coefficient (Wildman–Crippen LogP) is 7.83. The maximum absolute atomic E-state index is 13.6. The molecule has 2 aromatic carbocycles. The molecular formula is C26H34F3NO3Si. The average Bonchev–Trinajstić information content (AvgIpc) is 2.76. The quantitative estimate of drug-likeness (QED) is 0.264. The van der Waals surface area contributed by atoms with Gasteiger partial charge in [0, 0.05) is 12.1 Å². The molecule has 0 aliphatic heterocycles. The van der Waals surface area contributed by atoms with Crippen molar-refractivity contribution in [2.45, 2.75) is 77.4 Å². The van der Waals surface area contributed by atoms with Gasteiger partial charge in [0.2, 0.25) is 0 Å². The lowest BCUT2D eigenvalue weighted by atomic mass is 10.0. The number of aldehydes is 1. The van der Waals surface area contributed by atoms with E-state index in [0.717, 1.165) is 23.8 Å². The van der Waals surface area contributed by atoms with Crippen molar-refractivity contribution in [1.29, 1.82) is 0 Å². The lowest BCUT2D eigenvalue weighted by Crippen LogP contribution is -2.51. The standard InChI is InChI=1S/C26H34F3NO3Si/c1-18(2)34(19(3)4,20(5)6)33-25(32)30(15-21-10-8-7-9-11-21)16-23-14-24(26(27,28)29)13-12-22(23)17-31/h7-14,17-20H,15-16H2,1-6H3. The number of halogens is 3. The Balaban J connectivity index is 2.51.